The monoisotopic (exact) mass is 416 g/mol. The van der Waals surface area contributed by atoms with Crippen LogP contribution in [0.2, 0.25) is 0 Å². The molecule has 0 atom stereocenters. The zero-order valence-corrected chi connectivity index (χ0v) is 17.5. The van der Waals surface area contributed by atoms with Crippen molar-refractivity contribution in [3.8, 4) is 5.75 Å². The summed E-state index contributed by atoms with van der Waals surface area (Å²) in [6, 6.07) is 21.2. The van der Waals surface area contributed by atoms with Crippen molar-refractivity contribution in [1.29, 1.82) is 0 Å². The number of carbonyl (C=O) groups is 1. The van der Waals surface area contributed by atoms with Gasteiger partial charge in [0.25, 0.3) is 5.91 Å². The topological polar surface area (TPSA) is 82.2 Å². The van der Waals surface area contributed by atoms with Gasteiger partial charge in [0.2, 0.25) is 5.95 Å². The lowest BCUT2D eigenvalue weighted by atomic mass is 10.0. The van der Waals surface area contributed by atoms with Crippen molar-refractivity contribution in [1.82, 2.24) is 14.8 Å². The summed E-state index contributed by atoms with van der Waals surface area (Å²) in [4.78, 5) is 16.6. The van der Waals surface area contributed by atoms with Crippen LogP contribution in [0.5, 0.6) is 5.75 Å². The van der Waals surface area contributed by atoms with Gasteiger partial charge in [-0.25, -0.2) is 9.67 Å². The van der Waals surface area contributed by atoms with Crippen LogP contribution in [0.15, 0.2) is 77.5 Å². The van der Waals surface area contributed by atoms with E-state index in [9.17, 15) is 4.79 Å². The van der Waals surface area contributed by atoms with Gasteiger partial charge in [-0.3, -0.25) is 10.1 Å². The number of nitrogens with zero attached hydrogens (tertiary/aromatic N) is 3. The Bertz CT molecular complexity index is 1130. The number of ether oxygens (including phenoxy) is 1. The average molecular weight is 416 g/mol. The lowest BCUT2D eigenvalue weighted by Gasteiger charge is -2.07. The fourth-order valence-electron chi connectivity index (χ4n) is 3.04. The SMILES string of the molecule is CC(C)c1ccc(OCc2ccc(C(=O)Nc3ncn(Cc4ccccc4)n3)o2)cc1. The van der Waals surface area contributed by atoms with Crippen molar-refractivity contribution in [2.45, 2.75) is 32.9 Å². The predicted octanol–water partition coefficient (Wildman–Crippen LogP) is 4.87. The second-order valence-electron chi connectivity index (χ2n) is 7.48. The number of hydrogen-bond acceptors (Lipinski definition) is 5. The van der Waals surface area contributed by atoms with Crippen LogP contribution in [0.3, 0.4) is 0 Å². The molecule has 0 radical (unpaired) electrons. The second-order valence-corrected chi connectivity index (χ2v) is 7.48. The highest BCUT2D eigenvalue weighted by atomic mass is 16.5. The molecule has 1 amide bonds. The summed E-state index contributed by atoms with van der Waals surface area (Å²) in [5.74, 6) is 1.76. The molecule has 4 aromatic rings. The number of nitrogens with one attached hydrogen (secondary N) is 1. The summed E-state index contributed by atoms with van der Waals surface area (Å²) < 4.78 is 13.0. The van der Waals surface area contributed by atoms with E-state index in [-0.39, 0.29) is 18.3 Å². The van der Waals surface area contributed by atoms with Gasteiger partial charge in [-0.1, -0.05) is 56.3 Å². The van der Waals surface area contributed by atoms with Crippen LogP contribution in [0, 0.1) is 0 Å². The van der Waals surface area contributed by atoms with Crippen molar-refractivity contribution in [3.63, 3.8) is 0 Å². The molecule has 4 rings (SSSR count). The van der Waals surface area contributed by atoms with Gasteiger partial charge in [0, 0.05) is 0 Å². The minimum Gasteiger partial charge on any atom is -0.486 e. The molecular formula is C24H24N4O3. The van der Waals surface area contributed by atoms with E-state index in [1.807, 2.05) is 54.6 Å². The highest BCUT2D eigenvalue weighted by Gasteiger charge is 2.14. The lowest BCUT2D eigenvalue weighted by Crippen LogP contribution is -2.12. The molecule has 2 aromatic heterocycles. The number of furan rings is 1. The van der Waals surface area contributed by atoms with Gasteiger partial charge >= 0.3 is 0 Å². The Morgan fingerprint density at radius 1 is 1.06 bits per heavy atom. The zero-order valence-electron chi connectivity index (χ0n) is 17.5. The van der Waals surface area contributed by atoms with Crippen LogP contribution >= 0.6 is 0 Å². The third kappa shape index (κ3) is 5.39. The van der Waals surface area contributed by atoms with Crippen molar-refractivity contribution >= 4 is 11.9 Å². The highest BCUT2D eigenvalue weighted by molar-refractivity contribution is 6.01. The molecule has 2 heterocycles. The van der Waals surface area contributed by atoms with E-state index in [1.165, 1.54) is 5.56 Å². The van der Waals surface area contributed by atoms with Crippen LogP contribution < -0.4 is 10.1 Å². The number of carbonyl (C=O) groups excluding carboxylic acids is 1. The van der Waals surface area contributed by atoms with E-state index in [0.29, 0.717) is 18.2 Å². The molecular weight excluding hydrogens is 392 g/mol. The Kier molecular flexibility index (Phi) is 6.12. The Morgan fingerprint density at radius 3 is 2.58 bits per heavy atom. The van der Waals surface area contributed by atoms with Gasteiger partial charge in [0.15, 0.2) is 5.76 Å². The summed E-state index contributed by atoms with van der Waals surface area (Å²) in [5.41, 5.74) is 2.35. The van der Waals surface area contributed by atoms with Gasteiger partial charge in [-0.15, -0.1) is 5.10 Å². The normalized spacial score (nSPS) is 10.9. The summed E-state index contributed by atoms with van der Waals surface area (Å²) in [7, 11) is 0. The van der Waals surface area contributed by atoms with E-state index in [4.69, 9.17) is 9.15 Å². The van der Waals surface area contributed by atoms with Gasteiger partial charge < -0.3 is 9.15 Å². The van der Waals surface area contributed by atoms with E-state index in [1.54, 1.807) is 23.1 Å². The minimum absolute atomic E-state index is 0.174. The summed E-state index contributed by atoms with van der Waals surface area (Å²) in [6.07, 6.45) is 1.58. The van der Waals surface area contributed by atoms with Gasteiger partial charge in [0.1, 0.15) is 24.4 Å². The van der Waals surface area contributed by atoms with Crippen LogP contribution in [-0.4, -0.2) is 20.7 Å². The number of amides is 1. The van der Waals surface area contributed by atoms with Gasteiger partial charge in [0.05, 0.1) is 6.54 Å². The molecule has 31 heavy (non-hydrogen) atoms. The number of anilines is 1. The summed E-state index contributed by atoms with van der Waals surface area (Å²) in [5, 5.41) is 6.93. The first-order valence-electron chi connectivity index (χ1n) is 10.1. The first-order chi connectivity index (χ1) is 15.1. The third-order valence-electron chi connectivity index (χ3n) is 4.76. The third-order valence-corrected chi connectivity index (χ3v) is 4.76. The summed E-state index contributed by atoms with van der Waals surface area (Å²) >= 11 is 0. The fourth-order valence-corrected chi connectivity index (χ4v) is 3.04. The number of benzene rings is 2. The number of aromatic nitrogens is 3. The molecule has 0 saturated heterocycles. The second kappa shape index (κ2) is 9.30. The maximum absolute atomic E-state index is 12.4. The smallest absolute Gasteiger partial charge is 0.293 e. The quantitative estimate of drug-likeness (QED) is 0.443. The number of hydrogen-bond donors (Lipinski definition) is 1. The van der Waals surface area contributed by atoms with Crippen molar-refractivity contribution < 1.29 is 13.9 Å². The average Bonchev–Trinajstić information content (AvgIpc) is 3.43. The number of rotatable bonds is 8. The van der Waals surface area contributed by atoms with Crippen LogP contribution in [0.25, 0.3) is 0 Å². The molecule has 0 saturated carbocycles. The molecule has 0 spiro atoms. The largest absolute Gasteiger partial charge is 0.486 e. The van der Waals surface area contributed by atoms with Gasteiger partial charge in [-0.05, 0) is 41.3 Å². The minimum atomic E-state index is -0.412. The Hall–Kier alpha value is -3.87. The van der Waals surface area contributed by atoms with E-state index < -0.39 is 5.91 Å². The van der Waals surface area contributed by atoms with Crippen molar-refractivity contribution in [2.75, 3.05) is 5.32 Å². The molecule has 158 valence electrons. The van der Waals surface area contributed by atoms with E-state index in [2.05, 4.69) is 29.2 Å². The molecule has 0 aliphatic carbocycles. The van der Waals surface area contributed by atoms with Crippen molar-refractivity contribution in [2.24, 2.45) is 0 Å². The molecule has 0 bridgehead atoms. The molecule has 7 nitrogen and oxygen atoms in total. The van der Waals surface area contributed by atoms with Gasteiger partial charge in [-0.2, -0.15) is 0 Å². The highest BCUT2D eigenvalue weighted by Crippen LogP contribution is 2.20. The van der Waals surface area contributed by atoms with E-state index >= 15 is 0 Å². The van der Waals surface area contributed by atoms with Crippen LogP contribution in [0.1, 0.15) is 47.2 Å². The molecule has 0 unspecified atom stereocenters. The first kappa shape index (κ1) is 20.4. The molecule has 0 fully saturated rings. The predicted molar refractivity (Wildman–Crippen MR) is 117 cm³/mol. The maximum atomic E-state index is 12.4. The maximum Gasteiger partial charge on any atom is 0.293 e. The van der Waals surface area contributed by atoms with Crippen molar-refractivity contribution in [3.05, 3.63) is 95.7 Å². The molecule has 0 aliphatic rings. The molecule has 7 heteroatoms. The summed E-state index contributed by atoms with van der Waals surface area (Å²) in [6.45, 7) is 5.10. The Labute approximate surface area is 180 Å². The Morgan fingerprint density at radius 2 is 1.84 bits per heavy atom. The van der Waals surface area contributed by atoms with Crippen LogP contribution in [-0.2, 0) is 13.2 Å². The molecule has 2 aromatic carbocycles. The molecule has 1 N–H and O–H groups in total. The van der Waals surface area contributed by atoms with Crippen LogP contribution in [0.4, 0.5) is 5.95 Å². The first-order valence-corrected chi connectivity index (χ1v) is 10.1. The zero-order chi connectivity index (χ0) is 21.6. The Balaban J connectivity index is 1.31. The fraction of sp³-hybridized carbons (Fsp3) is 0.208. The lowest BCUT2D eigenvalue weighted by molar-refractivity contribution is 0.0991. The molecule has 0 aliphatic heterocycles. The van der Waals surface area contributed by atoms with E-state index in [0.717, 1.165) is 11.3 Å². The standard InChI is InChI=1S/C24H24N4O3/c1-17(2)19-8-10-20(11-9-19)30-15-21-12-13-22(31-21)23(29)26-24-25-16-28(27-24)14-18-6-4-3-5-7-18/h3-13,16-17H,14-15H2,1-2H3,(H,26,27,29).